The molecule has 1 aliphatic heterocycles. The van der Waals surface area contributed by atoms with Crippen molar-refractivity contribution in [1.82, 2.24) is 9.88 Å². The van der Waals surface area contributed by atoms with Gasteiger partial charge in [-0.1, -0.05) is 23.2 Å². The van der Waals surface area contributed by atoms with Crippen LogP contribution in [0.4, 0.5) is 24.7 Å². The Bertz CT molecular complexity index is 1000. The SMILES string of the molecule is N#Cc1ccc(NC(=O)CCN2CCN(c3ncc(C(F)(F)F)cc3Cl)CC2)cc1Cl. The summed E-state index contributed by atoms with van der Waals surface area (Å²) in [6, 6.07) is 7.52. The molecule has 31 heavy (non-hydrogen) atoms. The lowest BCUT2D eigenvalue weighted by atomic mass is 10.2. The van der Waals surface area contributed by atoms with Gasteiger partial charge in [-0.25, -0.2) is 4.98 Å². The lowest BCUT2D eigenvalue weighted by Crippen LogP contribution is -2.47. The molecule has 3 rings (SSSR count). The van der Waals surface area contributed by atoms with Crippen molar-refractivity contribution in [2.75, 3.05) is 42.9 Å². The molecule has 0 aliphatic carbocycles. The summed E-state index contributed by atoms with van der Waals surface area (Å²) >= 11 is 12.0. The number of hydrogen-bond donors (Lipinski definition) is 1. The monoisotopic (exact) mass is 471 g/mol. The van der Waals surface area contributed by atoms with Crippen LogP contribution in [0, 0.1) is 11.3 Å². The standard InChI is InChI=1S/C20H18Cl2F3N5O/c21-16-10-15(2-1-13(16)11-26)28-18(31)3-4-29-5-7-30(8-6-29)19-17(22)9-14(12-27-19)20(23,24)25/h1-2,9-10,12H,3-8H2,(H,28,31). The van der Waals surface area contributed by atoms with E-state index < -0.39 is 11.7 Å². The number of nitrogens with zero attached hydrogens (tertiary/aromatic N) is 4. The first kappa shape index (κ1) is 23.1. The Morgan fingerprint density at radius 2 is 1.87 bits per heavy atom. The van der Waals surface area contributed by atoms with Gasteiger partial charge >= 0.3 is 6.18 Å². The van der Waals surface area contributed by atoms with E-state index in [2.05, 4.69) is 15.2 Å². The van der Waals surface area contributed by atoms with E-state index in [1.54, 1.807) is 6.07 Å². The molecular formula is C20H18Cl2F3N5O. The maximum atomic E-state index is 12.8. The van der Waals surface area contributed by atoms with Crippen LogP contribution < -0.4 is 10.2 Å². The van der Waals surface area contributed by atoms with Crippen LogP contribution in [0.2, 0.25) is 10.0 Å². The average molecular weight is 472 g/mol. The molecule has 0 atom stereocenters. The zero-order valence-electron chi connectivity index (χ0n) is 16.2. The van der Waals surface area contributed by atoms with Crippen LogP contribution in [-0.4, -0.2) is 48.5 Å². The molecule has 0 spiro atoms. The van der Waals surface area contributed by atoms with E-state index in [1.165, 1.54) is 12.1 Å². The van der Waals surface area contributed by atoms with Crippen molar-refractivity contribution in [3.8, 4) is 6.07 Å². The number of amides is 1. The van der Waals surface area contributed by atoms with Crippen molar-refractivity contribution < 1.29 is 18.0 Å². The number of benzene rings is 1. The van der Waals surface area contributed by atoms with Gasteiger partial charge in [-0.2, -0.15) is 18.4 Å². The Morgan fingerprint density at radius 3 is 2.45 bits per heavy atom. The summed E-state index contributed by atoms with van der Waals surface area (Å²) in [6.45, 7) is 2.83. The fourth-order valence-electron chi connectivity index (χ4n) is 3.17. The summed E-state index contributed by atoms with van der Waals surface area (Å²) in [4.78, 5) is 20.0. The summed E-state index contributed by atoms with van der Waals surface area (Å²) < 4.78 is 38.3. The minimum absolute atomic E-state index is 0.0382. The molecule has 0 saturated carbocycles. The molecule has 1 aromatic carbocycles. The fourth-order valence-corrected chi connectivity index (χ4v) is 3.68. The third-order valence-corrected chi connectivity index (χ3v) is 5.44. The van der Waals surface area contributed by atoms with Gasteiger partial charge in [-0.05, 0) is 24.3 Å². The van der Waals surface area contributed by atoms with Crippen LogP contribution in [0.5, 0.6) is 0 Å². The number of carbonyl (C=O) groups is 1. The van der Waals surface area contributed by atoms with E-state index in [4.69, 9.17) is 28.5 Å². The van der Waals surface area contributed by atoms with Crippen molar-refractivity contribution in [1.29, 1.82) is 5.26 Å². The predicted octanol–water partition coefficient (Wildman–Crippen LogP) is 4.43. The number of pyridine rings is 1. The number of nitriles is 1. The second-order valence-corrected chi connectivity index (χ2v) is 7.77. The molecule has 11 heteroatoms. The third kappa shape index (κ3) is 6.00. The Hall–Kier alpha value is -2.54. The number of halogens is 5. The number of carbonyl (C=O) groups excluding carboxylic acids is 1. The second kappa shape index (κ2) is 9.73. The van der Waals surface area contributed by atoms with Gasteiger partial charge in [-0.15, -0.1) is 0 Å². The van der Waals surface area contributed by atoms with Gasteiger partial charge in [0.15, 0.2) is 0 Å². The van der Waals surface area contributed by atoms with Crippen LogP contribution in [0.3, 0.4) is 0 Å². The number of piperazine rings is 1. The van der Waals surface area contributed by atoms with E-state index in [1.807, 2.05) is 11.0 Å². The zero-order chi connectivity index (χ0) is 22.6. The first-order chi connectivity index (χ1) is 14.7. The van der Waals surface area contributed by atoms with Gasteiger partial charge in [0.2, 0.25) is 5.91 Å². The molecule has 6 nitrogen and oxygen atoms in total. The molecule has 1 fully saturated rings. The van der Waals surface area contributed by atoms with Crippen molar-refractivity contribution >= 4 is 40.6 Å². The Labute approximate surface area is 187 Å². The van der Waals surface area contributed by atoms with Gasteiger partial charge in [0.1, 0.15) is 11.9 Å². The highest BCUT2D eigenvalue weighted by molar-refractivity contribution is 6.33. The maximum absolute atomic E-state index is 12.8. The highest BCUT2D eigenvalue weighted by Gasteiger charge is 2.32. The molecular weight excluding hydrogens is 454 g/mol. The lowest BCUT2D eigenvalue weighted by molar-refractivity contribution is -0.137. The van der Waals surface area contributed by atoms with Crippen LogP contribution in [0.15, 0.2) is 30.5 Å². The molecule has 1 aromatic heterocycles. The minimum Gasteiger partial charge on any atom is -0.353 e. The second-order valence-electron chi connectivity index (χ2n) is 6.96. The molecule has 2 heterocycles. The summed E-state index contributed by atoms with van der Waals surface area (Å²) in [6.07, 6.45) is -3.44. The number of nitrogens with one attached hydrogen (secondary N) is 1. The van der Waals surface area contributed by atoms with Crippen LogP contribution in [0.25, 0.3) is 0 Å². The summed E-state index contributed by atoms with van der Waals surface area (Å²) in [5.74, 6) is 0.139. The quantitative estimate of drug-likeness (QED) is 0.698. The van der Waals surface area contributed by atoms with Gasteiger partial charge in [0.25, 0.3) is 0 Å². The van der Waals surface area contributed by atoms with Gasteiger partial charge in [0.05, 0.1) is 21.2 Å². The van der Waals surface area contributed by atoms with E-state index in [0.717, 1.165) is 12.3 Å². The molecule has 0 radical (unpaired) electrons. The Morgan fingerprint density at radius 1 is 1.16 bits per heavy atom. The molecule has 2 aromatic rings. The summed E-state index contributed by atoms with van der Waals surface area (Å²) in [5.41, 5.74) is -0.0311. The number of anilines is 2. The largest absolute Gasteiger partial charge is 0.417 e. The highest BCUT2D eigenvalue weighted by Crippen LogP contribution is 2.33. The maximum Gasteiger partial charge on any atom is 0.417 e. The van der Waals surface area contributed by atoms with Crippen molar-refractivity contribution in [2.45, 2.75) is 12.6 Å². The molecule has 1 amide bonds. The van der Waals surface area contributed by atoms with Gasteiger partial charge in [-0.3, -0.25) is 9.69 Å². The van der Waals surface area contributed by atoms with Crippen LogP contribution in [0.1, 0.15) is 17.5 Å². The molecule has 0 unspecified atom stereocenters. The normalized spacial score (nSPS) is 14.9. The number of aromatic nitrogens is 1. The number of hydrogen-bond acceptors (Lipinski definition) is 5. The summed E-state index contributed by atoms with van der Waals surface area (Å²) in [7, 11) is 0. The predicted molar refractivity (Wildman–Crippen MR) is 112 cm³/mol. The molecule has 1 N–H and O–H groups in total. The van der Waals surface area contributed by atoms with Gasteiger partial charge in [0, 0.05) is 51.0 Å². The van der Waals surface area contributed by atoms with Crippen LogP contribution >= 0.6 is 23.2 Å². The average Bonchev–Trinajstić information content (AvgIpc) is 2.72. The van der Waals surface area contributed by atoms with Gasteiger partial charge < -0.3 is 10.2 Å². The molecule has 1 aliphatic rings. The number of alkyl halides is 3. The summed E-state index contributed by atoms with van der Waals surface area (Å²) in [5, 5.41) is 11.9. The van der Waals surface area contributed by atoms with E-state index in [0.29, 0.717) is 49.8 Å². The third-order valence-electron chi connectivity index (χ3n) is 4.85. The molecule has 164 valence electrons. The lowest BCUT2D eigenvalue weighted by Gasteiger charge is -2.35. The molecule has 1 saturated heterocycles. The van der Waals surface area contributed by atoms with E-state index in [-0.39, 0.29) is 22.4 Å². The smallest absolute Gasteiger partial charge is 0.353 e. The Balaban J connectivity index is 1.48. The van der Waals surface area contributed by atoms with Crippen molar-refractivity contribution in [3.05, 3.63) is 51.6 Å². The first-order valence-corrected chi connectivity index (χ1v) is 10.1. The van der Waals surface area contributed by atoms with E-state index in [9.17, 15) is 18.0 Å². The number of rotatable bonds is 5. The Kier molecular flexibility index (Phi) is 7.26. The fraction of sp³-hybridized carbons (Fsp3) is 0.350. The highest BCUT2D eigenvalue weighted by atomic mass is 35.5. The topological polar surface area (TPSA) is 72.3 Å². The van der Waals surface area contributed by atoms with Crippen molar-refractivity contribution in [2.24, 2.45) is 0 Å². The first-order valence-electron chi connectivity index (χ1n) is 9.37. The van der Waals surface area contributed by atoms with Crippen molar-refractivity contribution in [3.63, 3.8) is 0 Å². The van der Waals surface area contributed by atoms with Crippen LogP contribution in [-0.2, 0) is 11.0 Å². The minimum atomic E-state index is -4.49. The zero-order valence-corrected chi connectivity index (χ0v) is 17.7. The van der Waals surface area contributed by atoms with E-state index >= 15 is 0 Å². The molecule has 0 bridgehead atoms.